The number of aliphatic hydroxyl groups excluding tert-OH is 1. The fraction of sp³-hybridized carbons (Fsp3) is 0.143. The lowest BCUT2D eigenvalue weighted by Crippen LogP contribution is -2.33. The summed E-state index contributed by atoms with van der Waals surface area (Å²) >= 11 is 3.36. The van der Waals surface area contributed by atoms with Crippen molar-refractivity contribution in [2.75, 3.05) is 41.0 Å². The van der Waals surface area contributed by atoms with E-state index in [1.165, 1.54) is 12.1 Å². The number of pyridine rings is 1. The van der Waals surface area contributed by atoms with Gasteiger partial charge in [0.25, 0.3) is 0 Å². The highest BCUT2D eigenvalue weighted by Gasteiger charge is 2.20. The highest BCUT2D eigenvalue weighted by atomic mass is 32.2. The van der Waals surface area contributed by atoms with Gasteiger partial charge in [0.15, 0.2) is 0 Å². The number of benzene rings is 3. The van der Waals surface area contributed by atoms with Crippen LogP contribution in [0.25, 0.3) is 16.7 Å². The minimum Gasteiger partial charge on any atom is -0.507 e. The topological polar surface area (TPSA) is 274 Å². The average molecular weight is 795 g/mol. The van der Waals surface area contributed by atoms with Crippen molar-refractivity contribution in [2.24, 2.45) is 10.2 Å². The number of nitrogen functional groups attached to an aromatic ring is 1. The molecule has 0 aliphatic heterocycles. The second-order valence-corrected chi connectivity index (χ2v) is 13.2. The molecule has 20 nitrogen and oxygen atoms in total. The highest BCUT2D eigenvalue weighted by molar-refractivity contribution is 7.99. The minimum atomic E-state index is -0.271. The van der Waals surface area contributed by atoms with E-state index in [4.69, 9.17) is 30.9 Å². The summed E-state index contributed by atoms with van der Waals surface area (Å²) < 4.78 is 15.5. The van der Waals surface area contributed by atoms with Crippen molar-refractivity contribution in [1.29, 1.82) is 0 Å². The van der Waals surface area contributed by atoms with E-state index in [0.29, 0.717) is 81.2 Å². The molecular formula is C28H28N9O11S4+. The summed E-state index contributed by atoms with van der Waals surface area (Å²) in [6.45, 7) is 0.632. The van der Waals surface area contributed by atoms with Crippen molar-refractivity contribution in [1.82, 2.24) is 15.0 Å². The van der Waals surface area contributed by atoms with E-state index in [1.54, 1.807) is 53.0 Å². The molecule has 0 fully saturated rings. The zero-order valence-electron chi connectivity index (χ0n) is 26.3. The van der Waals surface area contributed by atoms with Gasteiger partial charge in [0.05, 0.1) is 76.0 Å². The molecule has 0 bridgehead atoms. The molecular weight excluding hydrogens is 767 g/mol. The third-order valence-corrected chi connectivity index (χ3v) is 9.25. The number of azo groups is 1. The number of nitrogens with two attached hydrogens (primary N) is 1. The predicted molar refractivity (Wildman–Crippen MR) is 190 cm³/mol. The van der Waals surface area contributed by atoms with Gasteiger partial charge in [0.1, 0.15) is 17.1 Å². The largest absolute Gasteiger partial charge is 0.507 e. The lowest BCUT2D eigenvalue weighted by Gasteiger charge is -2.12. The monoisotopic (exact) mass is 794 g/mol. The molecule has 0 aliphatic rings. The predicted octanol–water partition coefficient (Wildman–Crippen LogP) is 6.17. The first-order chi connectivity index (χ1) is 25.4. The summed E-state index contributed by atoms with van der Waals surface area (Å²) in [5.41, 5.74) is 7.08. The Bertz CT molecular complexity index is 1970. The molecule has 0 atom stereocenters. The summed E-state index contributed by atoms with van der Waals surface area (Å²) in [6.07, 6.45) is 3.58. The molecule has 2 heterocycles. The number of nitrogens with one attached hydrogen (secondary N) is 2. The van der Waals surface area contributed by atoms with E-state index in [-0.39, 0.29) is 45.6 Å². The van der Waals surface area contributed by atoms with Gasteiger partial charge in [-0.25, -0.2) is 20.3 Å². The second-order valence-electron chi connectivity index (χ2n) is 9.69. The quantitative estimate of drug-likeness (QED) is 0.00831. The number of aromatic hydroxyl groups is 1. The summed E-state index contributed by atoms with van der Waals surface area (Å²) in [6, 6.07) is 14.8. The third kappa shape index (κ3) is 10.7. The number of phenolic OH excluding ortho intramolecular Hbond substituents is 1. The van der Waals surface area contributed by atoms with Gasteiger partial charge in [-0.15, -0.1) is 28.2 Å². The Morgan fingerprint density at radius 2 is 1.54 bits per heavy atom. The van der Waals surface area contributed by atoms with Crippen LogP contribution in [0.1, 0.15) is 0 Å². The van der Waals surface area contributed by atoms with Crippen LogP contribution in [0.4, 0.5) is 34.6 Å². The molecule has 3 aromatic carbocycles. The lowest BCUT2D eigenvalue weighted by molar-refractivity contribution is -0.603. The number of rotatable bonds is 20. The van der Waals surface area contributed by atoms with Crippen LogP contribution in [-0.4, -0.2) is 65.6 Å². The molecule has 9 N–H and O–H groups in total. The molecule has 0 aliphatic carbocycles. The van der Waals surface area contributed by atoms with E-state index in [9.17, 15) is 5.11 Å². The van der Waals surface area contributed by atoms with Crippen LogP contribution in [0, 0.1) is 0 Å². The van der Waals surface area contributed by atoms with Crippen LogP contribution in [0.15, 0.2) is 91.9 Å². The van der Waals surface area contributed by atoms with Crippen LogP contribution in [0.2, 0.25) is 0 Å². The number of thioether (sulfide) groups is 1. The Labute approximate surface area is 310 Å². The van der Waals surface area contributed by atoms with Crippen molar-refractivity contribution < 1.29 is 58.7 Å². The Balaban J connectivity index is 1.48. The number of aliphatic hydroxyl groups is 1. The van der Waals surface area contributed by atoms with Gasteiger partial charge < -0.3 is 26.6 Å². The van der Waals surface area contributed by atoms with Crippen LogP contribution in [0.5, 0.6) is 5.75 Å². The third-order valence-electron chi connectivity index (χ3n) is 6.44. The van der Waals surface area contributed by atoms with Crippen molar-refractivity contribution in [2.45, 2.75) is 14.7 Å². The fourth-order valence-corrected chi connectivity index (χ4v) is 6.33. The van der Waals surface area contributed by atoms with Crippen LogP contribution >= 0.6 is 47.9 Å². The van der Waals surface area contributed by atoms with Crippen LogP contribution < -0.4 is 20.9 Å². The zero-order chi connectivity index (χ0) is 36.7. The van der Waals surface area contributed by atoms with Gasteiger partial charge in [-0.3, -0.25) is 0 Å². The van der Waals surface area contributed by atoms with Gasteiger partial charge >= 0.3 is 17.8 Å². The lowest BCUT2D eigenvalue weighted by atomic mass is 10.1. The Kier molecular flexibility index (Phi) is 15.2. The average Bonchev–Trinajstić information content (AvgIpc) is 3.16. The maximum Gasteiger partial charge on any atom is 0.444 e. The Morgan fingerprint density at radius 3 is 2.29 bits per heavy atom. The SMILES string of the molecule is Nc1c(SOOO)cc2cc(SOOO)cc(O)c2c1N=Nc1ccc(Nc2nc(NCCSCCO)nc(-[n+]3ccccc3)n2)cc1SOOO. The number of anilines is 4. The number of hydrogen-bond donors (Lipinski definition) is 8. The maximum atomic E-state index is 10.9. The van der Waals surface area contributed by atoms with Gasteiger partial charge in [0, 0.05) is 28.6 Å². The summed E-state index contributed by atoms with van der Waals surface area (Å²) in [4.78, 5) is 14.4. The normalized spacial score (nSPS) is 11.5. The maximum absolute atomic E-state index is 10.9. The van der Waals surface area contributed by atoms with Gasteiger partial charge in [-0.05, 0) is 63.9 Å². The molecule has 5 rings (SSSR count). The van der Waals surface area contributed by atoms with E-state index >= 15 is 0 Å². The van der Waals surface area contributed by atoms with Gasteiger partial charge in [-0.1, -0.05) is 21.2 Å². The second kappa shape index (κ2) is 20.2. The van der Waals surface area contributed by atoms with Crippen molar-refractivity contribution in [3.8, 4) is 11.7 Å². The minimum absolute atomic E-state index is 0.00436. The Morgan fingerprint density at radius 1 is 0.808 bits per heavy atom. The molecule has 274 valence electrons. The van der Waals surface area contributed by atoms with Crippen molar-refractivity contribution in [3.05, 3.63) is 67.0 Å². The van der Waals surface area contributed by atoms with E-state index < -0.39 is 0 Å². The molecule has 0 radical (unpaired) electrons. The van der Waals surface area contributed by atoms with E-state index in [1.807, 2.05) is 18.2 Å². The standard InChI is InChI=1S/C28H27N9O11S4/c29-24-22(52-48-45-42)13-16-12-18(50-46-43-40)15-20(39)23(16)25(24)36-35-19-5-4-17(14-21(19)51-47-44-41)31-27-32-26(30-6-10-49-11-9-38)33-28(34-27)37-7-2-1-3-8-37/h1-5,7-8,12-15,38H,6,9-11,29H2,(H5-,30,31,32,33,34,39,40,41,42)/p+1. The number of hydrogen-bond acceptors (Lipinski definition) is 23. The number of fused-ring (bicyclic) bond motifs is 1. The van der Waals surface area contributed by atoms with E-state index in [2.05, 4.69) is 59.6 Å². The number of nitrogens with zero attached hydrogens (tertiary/aromatic N) is 6. The first-order valence-electron chi connectivity index (χ1n) is 14.5. The van der Waals surface area contributed by atoms with Crippen LogP contribution in [-0.2, 0) is 28.1 Å². The summed E-state index contributed by atoms with van der Waals surface area (Å²) in [5, 5.41) is 72.8. The smallest absolute Gasteiger partial charge is 0.444 e. The molecule has 0 saturated heterocycles. The molecule has 2 aromatic heterocycles. The number of aromatic nitrogens is 4. The molecule has 0 amide bonds. The van der Waals surface area contributed by atoms with Gasteiger partial charge in [-0.2, -0.15) is 11.8 Å². The zero-order valence-corrected chi connectivity index (χ0v) is 29.5. The van der Waals surface area contributed by atoms with Crippen LogP contribution in [0.3, 0.4) is 0 Å². The first kappa shape index (κ1) is 39.1. The molecule has 24 heteroatoms. The van der Waals surface area contributed by atoms with Crippen molar-refractivity contribution >= 4 is 93.3 Å². The highest BCUT2D eigenvalue weighted by Crippen LogP contribution is 2.46. The summed E-state index contributed by atoms with van der Waals surface area (Å²) in [5.74, 6) is 1.91. The fourth-order valence-electron chi connectivity index (χ4n) is 4.37. The Hall–Kier alpha value is -4.12. The molecule has 5 aromatic rings. The first-order valence-corrected chi connectivity index (χ1v) is 17.8. The molecule has 0 spiro atoms. The van der Waals surface area contributed by atoms with E-state index in [0.717, 1.165) is 5.75 Å². The summed E-state index contributed by atoms with van der Waals surface area (Å²) in [7, 11) is 0. The molecule has 52 heavy (non-hydrogen) atoms. The number of phenols is 1. The molecule has 0 saturated carbocycles. The van der Waals surface area contributed by atoms with Gasteiger partial charge in [0.2, 0.25) is 0 Å². The van der Waals surface area contributed by atoms with Crippen molar-refractivity contribution in [3.63, 3.8) is 0 Å². The molecule has 0 unspecified atom stereocenters.